The number of nitrogens with two attached hydrogens (primary N) is 1. The lowest BCUT2D eigenvalue weighted by Crippen LogP contribution is -2.20. The molecule has 140 valence electrons. The van der Waals surface area contributed by atoms with Crippen molar-refractivity contribution >= 4 is 40.7 Å². The van der Waals surface area contributed by atoms with Crippen LogP contribution in [0.5, 0.6) is 5.75 Å². The van der Waals surface area contributed by atoms with Crippen molar-refractivity contribution in [1.29, 1.82) is 0 Å². The number of amides is 2. The average molecular weight is 409 g/mol. The van der Waals surface area contributed by atoms with E-state index in [0.29, 0.717) is 15.8 Å². The van der Waals surface area contributed by atoms with Crippen LogP contribution >= 0.6 is 23.2 Å². The number of primary amides is 1. The minimum atomic E-state index is -0.705. The topological polar surface area (TPSA) is 117 Å². The number of ether oxygens (including phenoxy) is 1. The fraction of sp³-hybridized carbons (Fsp3) is 0.125. The molecule has 1 aromatic carbocycles. The third kappa shape index (κ3) is 4.21. The molecule has 0 saturated carbocycles. The molecule has 0 saturated heterocycles. The summed E-state index contributed by atoms with van der Waals surface area (Å²) in [6.07, 6.45) is 2.90. The van der Waals surface area contributed by atoms with Gasteiger partial charge in [-0.15, -0.1) is 0 Å². The predicted octanol–water partition coefficient (Wildman–Crippen LogP) is 2.31. The van der Waals surface area contributed by atoms with Crippen LogP contribution in [0, 0.1) is 0 Å². The van der Waals surface area contributed by atoms with Crippen molar-refractivity contribution in [1.82, 2.24) is 19.6 Å². The first-order chi connectivity index (χ1) is 12.8. The number of benzene rings is 1. The number of hydrogen-bond acceptors (Lipinski definition) is 5. The van der Waals surface area contributed by atoms with Gasteiger partial charge in [-0.3, -0.25) is 14.3 Å². The molecule has 0 atom stereocenters. The van der Waals surface area contributed by atoms with Crippen molar-refractivity contribution in [2.24, 2.45) is 12.8 Å². The van der Waals surface area contributed by atoms with Crippen molar-refractivity contribution < 1.29 is 14.3 Å². The van der Waals surface area contributed by atoms with E-state index in [0.717, 1.165) is 0 Å². The Labute approximate surface area is 163 Å². The van der Waals surface area contributed by atoms with E-state index < -0.39 is 11.8 Å². The van der Waals surface area contributed by atoms with Gasteiger partial charge in [0.05, 0.1) is 16.9 Å². The van der Waals surface area contributed by atoms with Crippen LogP contribution in [0.3, 0.4) is 0 Å². The number of aromatic nitrogens is 4. The van der Waals surface area contributed by atoms with Gasteiger partial charge in [0, 0.05) is 18.3 Å². The van der Waals surface area contributed by atoms with Crippen molar-refractivity contribution in [3.05, 3.63) is 58.1 Å². The zero-order valence-electron chi connectivity index (χ0n) is 14.0. The molecule has 27 heavy (non-hydrogen) atoms. The number of hydrogen-bond donors (Lipinski definition) is 2. The lowest BCUT2D eigenvalue weighted by Gasteiger charge is -2.08. The van der Waals surface area contributed by atoms with Crippen LogP contribution in [0.2, 0.25) is 10.0 Å². The summed E-state index contributed by atoms with van der Waals surface area (Å²) in [5.41, 5.74) is 5.70. The molecule has 0 aliphatic carbocycles. The number of halogens is 2. The zero-order chi connectivity index (χ0) is 19.6. The van der Waals surface area contributed by atoms with Gasteiger partial charge in [0.25, 0.3) is 11.8 Å². The molecule has 2 heterocycles. The Kier molecular flexibility index (Phi) is 5.33. The van der Waals surface area contributed by atoms with E-state index in [1.54, 1.807) is 31.4 Å². The molecule has 3 rings (SSSR count). The Bertz CT molecular complexity index is 1010. The van der Waals surface area contributed by atoms with Crippen molar-refractivity contribution in [2.75, 3.05) is 5.32 Å². The standard InChI is InChI=1S/C16H14Cl2N6O3/c1-23-14(15(19)25)12(7-20-23)21-16(26)11-4-5-24(22-11)8-27-13-3-2-9(17)6-10(13)18/h2-7H,8H2,1H3,(H2,19,25)(H,21,26). The number of aryl methyl sites for hydroxylation is 1. The molecule has 2 amide bonds. The summed E-state index contributed by atoms with van der Waals surface area (Å²) in [6.45, 7) is 0.0358. The summed E-state index contributed by atoms with van der Waals surface area (Å²) < 4.78 is 8.24. The Hall–Kier alpha value is -3.04. The normalized spacial score (nSPS) is 10.6. The Morgan fingerprint density at radius 1 is 1.30 bits per heavy atom. The molecule has 3 N–H and O–H groups in total. The van der Waals surface area contributed by atoms with Gasteiger partial charge in [-0.2, -0.15) is 10.2 Å². The van der Waals surface area contributed by atoms with E-state index in [4.69, 9.17) is 33.7 Å². The lowest BCUT2D eigenvalue weighted by molar-refractivity contribution is 0.0992. The highest BCUT2D eigenvalue weighted by Crippen LogP contribution is 2.27. The average Bonchev–Trinajstić information content (AvgIpc) is 3.21. The third-order valence-corrected chi connectivity index (χ3v) is 4.07. The maximum Gasteiger partial charge on any atom is 0.276 e. The minimum absolute atomic E-state index is 0.0358. The highest BCUT2D eigenvalue weighted by molar-refractivity contribution is 6.35. The van der Waals surface area contributed by atoms with Gasteiger partial charge in [0.1, 0.15) is 11.4 Å². The quantitative estimate of drug-likeness (QED) is 0.648. The molecule has 0 aliphatic rings. The molecule has 11 heteroatoms. The van der Waals surface area contributed by atoms with E-state index in [1.807, 2.05) is 0 Å². The molecule has 3 aromatic rings. The van der Waals surface area contributed by atoms with E-state index in [9.17, 15) is 9.59 Å². The Morgan fingerprint density at radius 3 is 2.78 bits per heavy atom. The second-order valence-corrected chi connectivity index (χ2v) is 6.28. The fourth-order valence-electron chi connectivity index (χ4n) is 2.29. The first kappa shape index (κ1) is 18.7. The Morgan fingerprint density at radius 2 is 2.07 bits per heavy atom. The highest BCUT2D eigenvalue weighted by Gasteiger charge is 2.18. The number of nitrogens with one attached hydrogen (secondary N) is 1. The van der Waals surface area contributed by atoms with Gasteiger partial charge in [-0.25, -0.2) is 4.68 Å². The van der Waals surface area contributed by atoms with E-state index in [1.165, 1.54) is 21.6 Å². The second kappa shape index (κ2) is 7.68. The van der Waals surface area contributed by atoms with Crippen molar-refractivity contribution in [3.63, 3.8) is 0 Å². The Balaban J connectivity index is 1.66. The largest absolute Gasteiger partial charge is 0.470 e. The minimum Gasteiger partial charge on any atom is -0.470 e. The predicted molar refractivity (Wildman–Crippen MR) is 99.0 cm³/mol. The van der Waals surface area contributed by atoms with Crippen LogP contribution in [0.1, 0.15) is 21.0 Å². The van der Waals surface area contributed by atoms with E-state index in [2.05, 4.69) is 15.5 Å². The molecule has 0 spiro atoms. The van der Waals surface area contributed by atoms with Gasteiger partial charge in [-0.05, 0) is 24.3 Å². The highest BCUT2D eigenvalue weighted by atomic mass is 35.5. The number of carbonyl (C=O) groups is 2. The van der Waals surface area contributed by atoms with E-state index in [-0.39, 0.29) is 23.8 Å². The summed E-state index contributed by atoms with van der Waals surface area (Å²) in [6, 6.07) is 6.34. The van der Waals surface area contributed by atoms with Crippen molar-refractivity contribution in [3.8, 4) is 5.75 Å². The van der Waals surface area contributed by atoms with Gasteiger partial charge in [0.15, 0.2) is 12.4 Å². The van der Waals surface area contributed by atoms with Crippen LogP contribution in [-0.2, 0) is 13.8 Å². The second-order valence-electron chi connectivity index (χ2n) is 5.44. The van der Waals surface area contributed by atoms with Crippen molar-refractivity contribution in [2.45, 2.75) is 6.73 Å². The summed E-state index contributed by atoms with van der Waals surface area (Å²) in [7, 11) is 1.55. The number of anilines is 1. The summed E-state index contributed by atoms with van der Waals surface area (Å²) >= 11 is 11.9. The summed E-state index contributed by atoms with van der Waals surface area (Å²) in [4.78, 5) is 23.8. The maximum absolute atomic E-state index is 12.3. The zero-order valence-corrected chi connectivity index (χ0v) is 15.5. The molecular formula is C16H14Cl2N6O3. The summed E-state index contributed by atoms with van der Waals surface area (Å²) in [5, 5.41) is 11.4. The lowest BCUT2D eigenvalue weighted by atomic mass is 10.3. The van der Waals surface area contributed by atoms with Crippen LogP contribution in [0.25, 0.3) is 0 Å². The van der Waals surface area contributed by atoms with E-state index >= 15 is 0 Å². The van der Waals surface area contributed by atoms with Crippen LogP contribution < -0.4 is 15.8 Å². The maximum atomic E-state index is 12.3. The van der Waals surface area contributed by atoms with Gasteiger partial charge in [-0.1, -0.05) is 23.2 Å². The molecule has 0 radical (unpaired) electrons. The van der Waals surface area contributed by atoms with Gasteiger partial charge >= 0.3 is 0 Å². The summed E-state index contributed by atoms with van der Waals surface area (Å²) in [5.74, 6) is -0.790. The van der Waals surface area contributed by atoms with Crippen LogP contribution in [-0.4, -0.2) is 31.4 Å². The number of nitrogens with zero attached hydrogens (tertiary/aromatic N) is 4. The third-order valence-electron chi connectivity index (χ3n) is 3.54. The molecular weight excluding hydrogens is 395 g/mol. The van der Waals surface area contributed by atoms with Gasteiger partial charge in [0.2, 0.25) is 0 Å². The first-order valence-electron chi connectivity index (χ1n) is 7.59. The monoisotopic (exact) mass is 408 g/mol. The molecule has 0 aliphatic heterocycles. The molecule has 0 bridgehead atoms. The number of rotatable bonds is 6. The van der Waals surface area contributed by atoms with Gasteiger partial charge < -0.3 is 15.8 Å². The SMILES string of the molecule is Cn1ncc(NC(=O)c2ccn(COc3ccc(Cl)cc3Cl)n2)c1C(N)=O. The molecule has 0 fully saturated rings. The van der Waals surface area contributed by atoms with Crippen LogP contribution in [0.15, 0.2) is 36.7 Å². The molecule has 9 nitrogen and oxygen atoms in total. The molecule has 2 aromatic heterocycles. The number of carbonyl (C=O) groups excluding carboxylic acids is 2. The smallest absolute Gasteiger partial charge is 0.276 e. The fourth-order valence-corrected chi connectivity index (χ4v) is 2.75. The van der Waals surface area contributed by atoms with Crippen LogP contribution in [0.4, 0.5) is 5.69 Å². The molecule has 0 unspecified atom stereocenters. The first-order valence-corrected chi connectivity index (χ1v) is 8.35.